The predicted octanol–water partition coefficient (Wildman–Crippen LogP) is 2.88. The zero-order valence-electron chi connectivity index (χ0n) is 18.5. The molecule has 34 heavy (non-hydrogen) atoms. The van der Waals surface area contributed by atoms with Crippen LogP contribution in [-0.4, -0.2) is 60.4 Å². The smallest absolute Gasteiger partial charge is 0.411 e. The summed E-state index contributed by atoms with van der Waals surface area (Å²) in [5.74, 6) is 1.54. The number of rotatable bonds is 9. The molecule has 1 N–H and O–H groups in total. The summed E-state index contributed by atoms with van der Waals surface area (Å²) in [6.07, 6.45) is -1.51. The van der Waals surface area contributed by atoms with Gasteiger partial charge in [-0.15, -0.1) is 0 Å². The van der Waals surface area contributed by atoms with Crippen LogP contribution in [-0.2, 0) is 29.0 Å². The highest BCUT2D eigenvalue weighted by molar-refractivity contribution is 5.92. The first-order valence-corrected chi connectivity index (χ1v) is 11.3. The molecule has 2 aromatic rings. The molecule has 1 unspecified atom stereocenters. The quantitative estimate of drug-likeness (QED) is 0.593. The van der Waals surface area contributed by atoms with Crippen molar-refractivity contribution in [2.75, 3.05) is 26.4 Å². The van der Waals surface area contributed by atoms with Crippen molar-refractivity contribution >= 4 is 5.91 Å². The van der Waals surface area contributed by atoms with Crippen LogP contribution < -0.4 is 14.8 Å². The lowest BCUT2D eigenvalue weighted by Gasteiger charge is -2.26. The average Bonchev–Trinajstić information content (AvgIpc) is 3.39. The van der Waals surface area contributed by atoms with E-state index in [9.17, 15) is 18.0 Å². The molecule has 0 spiro atoms. The van der Waals surface area contributed by atoms with Gasteiger partial charge in [0, 0.05) is 12.7 Å². The van der Waals surface area contributed by atoms with E-state index in [4.69, 9.17) is 18.9 Å². The second kappa shape index (κ2) is 9.46. The first-order valence-electron chi connectivity index (χ1n) is 11.3. The van der Waals surface area contributed by atoms with Gasteiger partial charge in [-0.25, -0.2) is 4.68 Å². The number of benzene rings is 1. The van der Waals surface area contributed by atoms with Gasteiger partial charge in [-0.05, 0) is 48.4 Å². The molecular formula is C23H26F3N3O5. The number of ether oxygens (including phenoxy) is 4. The molecule has 1 fully saturated rings. The number of carbonyl (C=O) groups excluding carboxylic acids is 1. The fourth-order valence-corrected chi connectivity index (χ4v) is 4.05. The Labute approximate surface area is 194 Å². The molecule has 184 valence electrons. The van der Waals surface area contributed by atoms with Gasteiger partial charge in [0.25, 0.3) is 5.91 Å². The van der Waals surface area contributed by atoms with Crippen molar-refractivity contribution in [1.82, 2.24) is 15.1 Å². The SMILES string of the molecule is O=C(N[C@H]1COc2ccc(COCC(F)(F)F)cc2C1)c1cc2n(n1)CC(COCC1CC1)O2. The fraction of sp³-hybridized carbons (Fsp3) is 0.565. The van der Waals surface area contributed by atoms with Crippen molar-refractivity contribution in [3.8, 4) is 11.6 Å². The van der Waals surface area contributed by atoms with Gasteiger partial charge in [-0.2, -0.15) is 18.3 Å². The van der Waals surface area contributed by atoms with Crippen molar-refractivity contribution in [2.45, 2.75) is 50.7 Å². The largest absolute Gasteiger partial charge is 0.491 e. The van der Waals surface area contributed by atoms with Gasteiger partial charge in [-0.3, -0.25) is 4.79 Å². The first-order chi connectivity index (χ1) is 16.3. The molecule has 3 heterocycles. The third kappa shape index (κ3) is 5.82. The summed E-state index contributed by atoms with van der Waals surface area (Å²) in [6, 6.07) is 6.44. The number of carbonyl (C=O) groups is 1. The number of fused-ring (bicyclic) bond motifs is 2. The van der Waals surface area contributed by atoms with Crippen LogP contribution in [0.3, 0.4) is 0 Å². The number of hydrogen-bond acceptors (Lipinski definition) is 6. The summed E-state index contributed by atoms with van der Waals surface area (Å²) in [5, 5.41) is 7.26. The van der Waals surface area contributed by atoms with Gasteiger partial charge in [-0.1, -0.05) is 6.07 Å². The van der Waals surface area contributed by atoms with E-state index in [1.807, 2.05) is 0 Å². The Balaban J connectivity index is 1.12. The molecular weight excluding hydrogens is 455 g/mol. The van der Waals surface area contributed by atoms with Crippen LogP contribution in [0, 0.1) is 5.92 Å². The number of alkyl halides is 3. The number of halogens is 3. The maximum absolute atomic E-state index is 12.7. The molecule has 5 rings (SSSR count). The van der Waals surface area contributed by atoms with Gasteiger partial charge < -0.3 is 24.3 Å². The summed E-state index contributed by atoms with van der Waals surface area (Å²) >= 11 is 0. The maximum Gasteiger partial charge on any atom is 0.411 e. The molecule has 3 aliphatic rings. The van der Waals surface area contributed by atoms with E-state index in [0.717, 1.165) is 12.2 Å². The van der Waals surface area contributed by atoms with Crippen molar-refractivity contribution < 1.29 is 36.9 Å². The summed E-state index contributed by atoms with van der Waals surface area (Å²) in [6.45, 7) is 0.635. The van der Waals surface area contributed by atoms with E-state index < -0.39 is 12.8 Å². The molecule has 0 saturated heterocycles. The van der Waals surface area contributed by atoms with Crippen molar-refractivity contribution in [1.29, 1.82) is 0 Å². The molecule has 1 amide bonds. The number of nitrogens with zero attached hydrogens (tertiary/aromatic N) is 2. The second-order valence-electron chi connectivity index (χ2n) is 9.01. The molecule has 2 aliphatic heterocycles. The van der Waals surface area contributed by atoms with Crippen LogP contribution >= 0.6 is 0 Å². The lowest BCUT2D eigenvalue weighted by molar-refractivity contribution is -0.176. The van der Waals surface area contributed by atoms with Crippen LogP contribution in [0.25, 0.3) is 0 Å². The van der Waals surface area contributed by atoms with E-state index in [1.54, 1.807) is 28.9 Å². The lowest BCUT2D eigenvalue weighted by atomic mass is 10.0. The minimum Gasteiger partial charge on any atom is -0.491 e. The maximum atomic E-state index is 12.7. The van der Waals surface area contributed by atoms with E-state index in [1.165, 1.54) is 12.8 Å². The van der Waals surface area contributed by atoms with Gasteiger partial charge in [0.1, 0.15) is 25.1 Å². The Morgan fingerprint density at radius 2 is 2.06 bits per heavy atom. The molecule has 0 radical (unpaired) electrons. The molecule has 0 bridgehead atoms. The molecule has 2 atom stereocenters. The first kappa shape index (κ1) is 23.0. The predicted molar refractivity (Wildman–Crippen MR) is 113 cm³/mol. The minimum absolute atomic E-state index is 0.101. The molecule has 1 aliphatic carbocycles. The van der Waals surface area contributed by atoms with Gasteiger partial charge in [0.05, 0.1) is 25.8 Å². The summed E-state index contributed by atoms with van der Waals surface area (Å²) in [7, 11) is 0. The normalized spacial score (nSPS) is 21.4. The number of nitrogens with one attached hydrogen (secondary N) is 1. The monoisotopic (exact) mass is 481 g/mol. The Morgan fingerprint density at radius 3 is 2.82 bits per heavy atom. The fourth-order valence-electron chi connectivity index (χ4n) is 4.05. The Morgan fingerprint density at radius 1 is 1.21 bits per heavy atom. The van der Waals surface area contributed by atoms with Crippen LogP contribution in [0.2, 0.25) is 0 Å². The van der Waals surface area contributed by atoms with Crippen LogP contribution in [0.15, 0.2) is 24.3 Å². The lowest BCUT2D eigenvalue weighted by Crippen LogP contribution is -2.43. The van der Waals surface area contributed by atoms with E-state index in [2.05, 4.69) is 10.4 Å². The zero-order valence-corrected chi connectivity index (χ0v) is 18.5. The van der Waals surface area contributed by atoms with Gasteiger partial charge in [0.2, 0.25) is 5.88 Å². The van der Waals surface area contributed by atoms with E-state index >= 15 is 0 Å². The third-order valence-corrected chi connectivity index (χ3v) is 5.89. The Kier molecular flexibility index (Phi) is 6.39. The van der Waals surface area contributed by atoms with Gasteiger partial charge in [0.15, 0.2) is 5.69 Å². The molecule has 1 aromatic carbocycles. The molecule has 1 aromatic heterocycles. The standard InChI is InChI=1S/C23H26F3N3O5/c24-23(25,26)13-32-10-15-3-4-20-16(5-15)6-17(11-33-20)27-22(30)19-7-21-29(28-19)8-18(34-21)12-31-9-14-1-2-14/h3-5,7,14,17-18H,1-2,6,8-13H2,(H,27,30)/t17-,18?/m1/s1. The van der Waals surface area contributed by atoms with E-state index in [0.29, 0.717) is 42.7 Å². The number of aromatic nitrogens is 2. The zero-order chi connectivity index (χ0) is 23.7. The topological polar surface area (TPSA) is 83.8 Å². The second-order valence-corrected chi connectivity index (χ2v) is 9.01. The van der Waals surface area contributed by atoms with Crippen LogP contribution in [0.5, 0.6) is 11.6 Å². The van der Waals surface area contributed by atoms with Crippen LogP contribution in [0.4, 0.5) is 13.2 Å². The minimum atomic E-state index is -4.37. The summed E-state index contributed by atoms with van der Waals surface area (Å²) < 4.78 is 60.5. The Hall–Kier alpha value is -2.79. The highest BCUT2D eigenvalue weighted by Crippen LogP contribution is 2.30. The van der Waals surface area contributed by atoms with E-state index in [-0.39, 0.29) is 37.0 Å². The summed E-state index contributed by atoms with van der Waals surface area (Å²) in [5.41, 5.74) is 1.67. The van der Waals surface area contributed by atoms with Crippen molar-refractivity contribution in [3.63, 3.8) is 0 Å². The number of amides is 1. The highest BCUT2D eigenvalue weighted by atomic mass is 19.4. The summed E-state index contributed by atoms with van der Waals surface area (Å²) in [4.78, 5) is 12.7. The van der Waals surface area contributed by atoms with Gasteiger partial charge >= 0.3 is 6.18 Å². The van der Waals surface area contributed by atoms with Crippen molar-refractivity contribution in [3.05, 3.63) is 41.1 Å². The highest BCUT2D eigenvalue weighted by Gasteiger charge is 2.30. The molecule has 11 heteroatoms. The third-order valence-electron chi connectivity index (χ3n) is 5.89. The molecule has 8 nitrogen and oxygen atoms in total. The number of hydrogen-bond donors (Lipinski definition) is 1. The Bertz CT molecular complexity index is 1010. The van der Waals surface area contributed by atoms with Crippen molar-refractivity contribution in [2.24, 2.45) is 5.92 Å². The molecule has 1 saturated carbocycles. The average molecular weight is 481 g/mol. The van der Waals surface area contributed by atoms with Crippen LogP contribution in [0.1, 0.15) is 34.5 Å².